The summed E-state index contributed by atoms with van der Waals surface area (Å²) >= 11 is 9.86. The summed E-state index contributed by atoms with van der Waals surface area (Å²) in [5.41, 5.74) is 5.38. The second kappa shape index (κ2) is 7.22. The van der Waals surface area contributed by atoms with Crippen LogP contribution in [0.1, 0.15) is 22.4 Å². The Labute approximate surface area is 176 Å². The molecule has 2 aromatic carbocycles. The summed E-state index contributed by atoms with van der Waals surface area (Å²) in [6.45, 7) is 6.35. The van der Waals surface area contributed by atoms with Crippen molar-refractivity contribution in [2.45, 2.75) is 27.3 Å². The molecule has 0 unspecified atom stereocenters. The van der Waals surface area contributed by atoms with Gasteiger partial charge in [-0.1, -0.05) is 45.7 Å². The first-order chi connectivity index (χ1) is 13.4. The zero-order valence-electron chi connectivity index (χ0n) is 15.8. The van der Waals surface area contributed by atoms with E-state index in [1.807, 2.05) is 67.9 Å². The monoisotopic (exact) mass is 455 g/mol. The molecule has 4 aromatic rings. The Balaban J connectivity index is 2.05. The van der Waals surface area contributed by atoms with E-state index in [2.05, 4.69) is 15.9 Å². The van der Waals surface area contributed by atoms with E-state index in [1.54, 1.807) is 10.6 Å². The predicted octanol–water partition coefficient (Wildman–Crippen LogP) is 5.58. The normalized spacial score (nSPS) is 11.3. The van der Waals surface area contributed by atoms with Crippen molar-refractivity contribution in [3.05, 3.63) is 90.8 Å². The molecule has 0 aliphatic carbocycles. The van der Waals surface area contributed by atoms with Crippen molar-refractivity contribution in [1.29, 1.82) is 0 Å². The van der Waals surface area contributed by atoms with Crippen molar-refractivity contribution in [3.8, 4) is 5.69 Å². The molecule has 4 nitrogen and oxygen atoms in total. The molecule has 0 radical (unpaired) electrons. The lowest BCUT2D eigenvalue weighted by Crippen LogP contribution is -2.22. The van der Waals surface area contributed by atoms with Gasteiger partial charge < -0.3 is 0 Å². The van der Waals surface area contributed by atoms with Gasteiger partial charge in [-0.25, -0.2) is 4.68 Å². The van der Waals surface area contributed by atoms with Crippen LogP contribution in [-0.2, 0) is 6.54 Å². The van der Waals surface area contributed by atoms with Gasteiger partial charge in [0.1, 0.15) is 5.65 Å². The van der Waals surface area contributed by atoms with Crippen LogP contribution in [0.5, 0.6) is 0 Å². The molecule has 0 saturated heterocycles. The fraction of sp³-hybridized carbons (Fsp3) is 0.182. The highest BCUT2D eigenvalue weighted by atomic mass is 79.9. The molecular formula is C22H19BrClN3O. The second-order valence-electron chi connectivity index (χ2n) is 6.96. The third-order valence-electron chi connectivity index (χ3n) is 4.99. The molecular weight excluding hydrogens is 438 g/mol. The molecule has 0 saturated carbocycles. The zero-order chi connectivity index (χ0) is 20.0. The molecule has 6 heteroatoms. The quantitative estimate of drug-likeness (QED) is 0.404. The zero-order valence-corrected chi connectivity index (χ0v) is 18.2. The summed E-state index contributed by atoms with van der Waals surface area (Å²) in [5, 5.41) is 6.44. The molecule has 0 N–H and O–H groups in total. The van der Waals surface area contributed by atoms with E-state index in [9.17, 15) is 4.79 Å². The van der Waals surface area contributed by atoms with Crippen molar-refractivity contribution in [1.82, 2.24) is 14.3 Å². The molecule has 0 atom stereocenters. The van der Waals surface area contributed by atoms with Crippen LogP contribution in [0.2, 0.25) is 5.02 Å². The minimum absolute atomic E-state index is 0.0502. The van der Waals surface area contributed by atoms with E-state index in [0.717, 1.165) is 43.6 Å². The van der Waals surface area contributed by atoms with Crippen LogP contribution in [0.4, 0.5) is 0 Å². The number of aromatic nitrogens is 3. The Bertz CT molecular complexity index is 1270. The first-order valence-electron chi connectivity index (χ1n) is 8.96. The van der Waals surface area contributed by atoms with Crippen LogP contribution in [0.3, 0.4) is 0 Å². The molecule has 0 spiro atoms. The van der Waals surface area contributed by atoms with Crippen LogP contribution in [0.25, 0.3) is 16.7 Å². The van der Waals surface area contributed by atoms with Gasteiger partial charge >= 0.3 is 0 Å². The number of rotatable bonds is 3. The number of fused-ring (bicyclic) bond motifs is 1. The number of pyridine rings is 1. The van der Waals surface area contributed by atoms with Crippen LogP contribution in [0.15, 0.2) is 57.8 Å². The predicted molar refractivity (Wildman–Crippen MR) is 118 cm³/mol. The fourth-order valence-corrected chi connectivity index (χ4v) is 4.25. The van der Waals surface area contributed by atoms with E-state index >= 15 is 0 Å². The van der Waals surface area contributed by atoms with Crippen molar-refractivity contribution >= 4 is 38.6 Å². The summed E-state index contributed by atoms with van der Waals surface area (Å²) in [4.78, 5) is 13.0. The summed E-state index contributed by atoms with van der Waals surface area (Å²) < 4.78 is 4.61. The molecule has 0 aliphatic heterocycles. The molecule has 0 amide bonds. The summed E-state index contributed by atoms with van der Waals surface area (Å²) in [6, 6.07) is 15.4. The maximum atomic E-state index is 13.0. The van der Waals surface area contributed by atoms with Gasteiger partial charge in [-0.05, 0) is 61.7 Å². The standard InChI is InChI=1S/C22H19BrClN3O/c1-13-10-20(28)26(12-16-6-4-7-17(23)11-16)22-21(13)15(3)25-27(22)19-9-5-8-18(24)14(19)2/h4-11H,12H2,1-3H3. The highest BCUT2D eigenvalue weighted by Crippen LogP contribution is 2.28. The van der Waals surface area contributed by atoms with E-state index < -0.39 is 0 Å². The van der Waals surface area contributed by atoms with Crippen LogP contribution < -0.4 is 5.56 Å². The van der Waals surface area contributed by atoms with Crippen molar-refractivity contribution in [2.75, 3.05) is 0 Å². The van der Waals surface area contributed by atoms with Gasteiger partial charge in [0.25, 0.3) is 5.56 Å². The Morgan fingerprint density at radius 1 is 1.07 bits per heavy atom. The summed E-state index contributed by atoms with van der Waals surface area (Å²) in [7, 11) is 0. The Hall–Kier alpha value is -2.37. The Morgan fingerprint density at radius 2 is 1.82 bits per heavy atom. The third kappa shape index (κ3) is 3.19. The van der Waals surface area contributed by atoms with Gasteiger partial charge in [-0.15, -0.1) is 0 Å². The van der Waals surface area contributed by atoms with E-state index in [4.69, 9.17) is 16.7 Å². The molecule has 2 heterocycles. The Morgan fingerprint density at radius 3 is 2.57 bits per heavy atom. The number of benzene rings is 2. The number of hydrogen-bond acceptors (Lipinski definition) is 2. The van der Waals surface area contributed by atoms with Gasteiger partial charge in [0.2, 0.25) is 0 Å². The lowest BCUT2D eigenvalue weighted by Gasteiger charge is -2.14. The number of hydrogen-bond donors (Lipinski definition) is 0. The van der Waals surface area contributed by atoms with E-state index in [0.29, 0.717) is 11.6 Å². The summed E-state index contributed by atoms with van der Waals surface area (Å²) in [6.07, 6.45) is 0. The smallest absolute Gasteiger partial charge is 0.252 e. The topological polar surface area (TPSA) is 39.8 Å². The molecule has 0 bridgehead atoms. The number of halogens is 2. The maximum absolute atomic E-state index is 13.0. The number of nitrogens with zero attached hydrogens (tertiary/aromatic N) is 3. The maximum Gasteiger partial charge on any atom is 0.252 e. The molecule has 142 valence electrons. The molecule has 0 fully saturated rings. The number of aryl methyl sites for hydroxylation is 2. The minimum Gasteiger partial charge on any atom is -0.288 e. The SMILES string of the molecule is Cc1c(Cl)cccc1-n1nc(C)c2c(C)cc(=O)n(Cc3cccc(Br)c3)c21. The average molecular weight is 457 g/mol. The molecule has 4 rings (SSSR count). The van der Waals surface area contributed by atoms with Gasteiger partial charge in [-0.2, -0.15) is 5.10 Å². The van der Waals surface area contributed by atoms with Crippen molar-refractivity contribution < 1.29 is 0 Å². The second-order valence-corrected chi connectivity index (χ2v) is 8.28. The van der Waals surface area contributed by atoms with Gasteiger partial charge in [0.05, 0.1) is 17.9 Å². The lowest BCUT2D eigenvalue weighted by molar-refractivity contribution is 0.748. The largest absolute Gasteiger partial charge is 0.288 e. The van der Waals surface area contributed by atoms with Crippen LogP contribution in [0, 0.1) is 20.8 Å². The molecule has 28 heavy (non-hydrogen) atoms. The summed E-state index contributed by atoms with van der Waals surface area (Å²) in [5.74, 6) is 0. The average Bonchev–Trinajstić information content (AvgIpc) is 2.98. The van der Waals surface area contributed by atoms with E-state index in [-0.39, 0.29) is 5.56 Å². The van der Waals surface area contributed by atoms with Gasteiger partial charge in [0.15, 0.2) is 0 Å². The van der Waals surface area contributed by atoms with Gasteiger partial charge in [-0.3, -0.25) is 9.36 Å². The van der Waals surface area contributed by atoms with Crippen LogP contribution >= 0.6 is 27.5 Å². The highest BCUT2D eigenvalue weighted by molar-refractivity contribution is 9.10. The third-order valence-corrected chi connectivity index (χ3v) is 5.89. The van der Waals surface area contributed by atoms with Crippen molar-refractivity contribution in [3.63, 3.8) is 0 Å². The van der Waals surface area contributed by atoms with E-state index in [1.165, 1.54) is 0 Å². The van der Waals surface area contributed by atoms with Crippen LogP contribution in [-0.4, -0.2) is 14.3 Å². The first kappa shape index (κ1) is 19.0. The molecule has 0 aliphatic rings. The minimum atomic E-state index is -0.0502. The van der Waals surface area contributed by atoms with Crippen molar-refractivity contribution in [2.24, 2.45) is 0 Å². The fourth-order valence-electron chi connectivity index (χ4n) is 3.63. The lowest BCUT2D eigenvalue weighted by atomic mass is 10.1. The Kier molecular flexibility index (Phi) is 4.89. The molecule has 2 aromatic heterocycles. The van der Waals surface area contributed by atoms with Gasteiger partial charge in [0, 0.05) is 20.9 Å². The highest BCUT2D eigenvalue weighted by Gasteiger charge is 2.18. The first-order valence-corrected chi connectivity index (χ1v) is 10.1.